The first-order valence-electron chi connectivity index (χ1n) is 7.57. The summed E-state index contributed by atoms with van der Waals surface area (Å²) in [6.07, 6.45) is 8.70. The molecule has 0 atom stereocenters. The van der Waals surface area contributed by atoms with Gasteiger partial charge in [0, 0.05) is 31.1 Å². The Kier molecular flexibility index (Phi) is 4.08. The molecule has 0 aromatic carbocycles. The van der Waals surface area contributed by atoms with Gasteiger partial charge in [0.2, 0.25) is 5.91 Å². The third kappa shape index (κ3) is 3.17. The van der Waals surface area contributed by atoms with E-state index in [1.807, 2.05) is 6.07 Å². The van der Waals surface area contributed by atoms with E-state index in [-0.39, 0.29) is 11.5 Å². The van der Waals surface area contributed by atoms with E-state index in [1.54, 1.807) is 16.8 Å². The zero-order chi connectivity index (χ0) is 14.7. The molecule has 3 rings (SSSR count). The lowest BCUT2D eigenvalue weighted by atomic mass is 10.0. The SMILES string of the molecule is O=C(CC1CCCC1)NCCn1ccc2ccoc2c1=O. The number of hydrogen-bond donors (Lipinski definition) is 1. The fourth-order valence-electron chi connectivity index (χ4n) is 3.03. The molecule has 0 unspecified atom stereocenters. The summed E-state index contributed by atoms with van der Waals surface area (Å²) in [4.78, 5) is 23.9. The number of furan rings is 1. The number of pyridine rings is 1. The third-order valence-electron chi connectivity index (χ3n) is 4.21. The number of fused-ring (bicyclic) bond motifs is 1. The molecule has 5 heteroatoms. The summed E-state index contributed by atoms with van der Waals surface area (Å²) in [7, 11) is 0. The Morgan fingerprint density at radius 3 is 2.95 bits per heavy atom. The average Bonchev–Trinajstić information content (AvgIpc) is 3.12. The van der Waals surface area contributed by atoms with Gasteiger partial charge in [0.05, 0.1) is 6.26 Å². The van der Waals surface area contributed by atoms with Crippen LogP contribution in [0.15, 0.2) is 33.8 Å². The molecule has 0 aliphatic heterocycles. The van der Waals surface area contributed by atoms with Crippen molar-refractivity contribution >= 4 is 16.9 Å². The van der Waals surface area contributed by atoms with Crippen molar-refractivity contribution in [1.82, 2.24) is 9.88 Å². The van der Waals surface area contributed by atoms with E-state index in [0.29, 0.717) is 31.0 Å². The minimum absolute atomic E-state index is 0.0917. The molecule has 1 aliphatic rings. The summed E-state index contributed by atoms with van der Waals surface area (Å²) >= 11 is 0. The highest BCUT2D eigenvalue weighted by Gasteiger charge is 2.18. The maximum atomic E-state index is 12.1. The van der Waals surface area contributed by atoms with Crippen LogP contribution in [0.2, 0.25) is 0 Å². The van der Waals surface area contributed by atoms with Gasteiger partial charge in [0.15, 0.2) is 5.58 Å². The molecule has 0 spiro atoms. The molecule has 1 N–H and O–H groups in total. The van der Waals surface area contributed by atoms with Crippen LogP contribution in [0.4, 0.5) is 0 Å². The molecule has 1 aliphatic carbocycles. The summed E-state index contributed by atoms with van der Waals surface area (Å²) in [5, 5.41) is 3.70. The van der Waals surface area contributed by atoms with E-state index in [0.717, 1.165) is 5.39 Å². The van der Waals surface area contributed by atoms with E-state index in [4.69, 9.17) is 4.42 Å². The lowest BCUT2D eigenvalue weighted by Gasteiger charge is -2.10. The van der Waals surface area contributed by atoms with Crippen LogP contribution in [0.5, 0.6) is 0 Å². The molecule has 0 bridgehead atoms. The Morgan fingerprint density at radius 2 is 2.14 bits per heavy atom. The Labute approximate surface area is 122 Å². The first-order chi connectivity index (χ1) is 10.2. The van der Waals surface area contributed by atoms with Crippen LogP contribution in [0.1, 0.15) is 32.1 Å². The van der Waals surface area contributed by atoms with Crippen molar-refractivity contribution in [3.8, 4) is 0 Å². The second kappa shape index (κ2) is 6.16. The number of amides is 1. The molecule has 2 aromatic rings. The predicted molar refractivity (Wildman–Crippen MR) is 80.1 cm³/mol. The van der Waals surface area contributed by atoms with Crippen LogP contribution in [-0.2, 0) is 11.3 Å². The summed E-state index contributed by atoms with van der Waals surface area (Å²) in [5.74, 6) is 0.640. The van der Waals surface area contributed by atoms with E-state index in [9.17, 15) is 9.59 Å². The smallest absolute Gasteiger partial charge is 0.294 e. The number of hydrogen-bond acceptors (Lipinski definition) is 3. The molecule has 1 saturated carbocycles. The van der Waals surface area contributed by atoms with E-state index >= 15 is 0 Å². The molecule has 112 valence electrons. The van der Waals surface area contributed by atoms with Crippen LogP contribution in [0.3, 0.4) is 0 Å². The van der Waals surface area contributed by atoms with Gasteiger partial charge >= 0.3 is 0 Å². The third-order valence-corrected chi connectivity index (χ3v) is 4.21. The molecule has 1 fully saturated rings. The van der Waals surface area contributed by atoms with Crippen molar-refractivity contribution in [3.63, 3.8) is 0 Å². The van der Waals surface area contributed by atoms with Crippen molar-refractivity contribution in [2.45, 2.75) is 38.6 Å². The summed E-state index contributed by atoms with van der Waals surface area (Å²) < 4.78 is 6.76. The minimum atomic E-state index is -0.150. The van der Waals surface area contributed by atoms with Gasteiger partial charge in [-0.05, 0) is 30.9 Å². The standard InChI is InChI=1S/C16H20N2O3/c19-14(11-12-3-1-2-4-12)17-7-9-18-8-5-13-6-10-21-15(13)16(18)20/h5-6,8,10,12H,1-4,7,9,11H2,(H,17,19). The number of rotatable bonds is 5. The Morgan fingerprint density at radius 1 is 1.33 bits per heavy atom. The lowest BCUT2D eigenvalue weighted by Crippen LogP contribution is -2.31. The molecular weight excluding hydrogens is 268 g/mol. The first kappa shape index (κ1) is 13.9. The molecular formula is C16H20N2O3. The predicted octanol–water partition coefficient (Wildman–Crippen LogP) is 2.29. The topological polar surface area (TPSA) is 64.2 Å². The number of nitrogens with one attached hydrogen (secondary N) is 1. The highest BCUT2D eigenvalue weighted by Crippen LogP contribution is 2.27. The molecule has 5 nitrogen and oxygen atoms in total. The minimum Gasteiger partial charge on any atom is -0.459 e. The lowest BCUT2D eigenvalue weighted by molar-refractivity contribution is -0.122. The molecule has 0 radical (unpaired) electrons. The van der Waals surface area contributed by atoms with Crippen molar-refractivity contribution in [3.05, 3.63) is 34.9 Å². The summed E-state index contributed by atoms with van der Waals surface area (Å²) in [5.41, 5.74) is 0.220. The maximum Gasteiger partial charge on any atom is 0.294 e. The van der Waals surface area contributed by atoms with Gasteiger partial charge in [0.1, 0.15) is 0 Å². The van der Waals surface area contributed by atoms with Crippen LogP contribution in [0, 0.1) is 5.92 Å². The average molecular weight is 288 g/mol. The zero-order valence-electron chi connectivity index (χ0n) is 12.0. The van der Waals surface area contributed by atoms with Crippen LogP contribution >= 0.6 is 0 Å². The highest BCUT2D eigenvalue weighted by atomic mass is 16.3. The summed E-state index contributed by atoms with van der Waals surface area (Å²) in [6, 6.07) is 3.62. The zero-order valence-corrected chi connectivity index (χ0v) is 12.0. The van der Waals surface area contributed by atoms with Crippen molar-refractivity contribution < 1.29 is 9.21 Å². The van der Waals surface area contributed by atoms with Crippen molar-refractivity contribution in [2.24, 2.45) is 5.92 Å². The van der Waals surface area contributed by atoms with Crippen LogP contribution in [0.25, 0.3) is 11.0 Å². The second-order valence-electron chi connectivity index (χ2n) is 5.72. The fraction of sp³-hybridized carbons (Fsp3) is 0.500. The largest absolute Gasteiger partial charge is 0.459 e. The molecule has 0 saturated heterocycles. The highest BCUT2D eigenvalue weighted by molar-refractivity contribution is 5.76. The normalized spacial score (nSPS) is 15.6. The van der Waals surface area contributed by atoms with Crippen molar-refractivity contribution in [2.75, 3.05) is 6.54 Å². The van der Waals surface area contributed by atoms with Gasteiger partial charge < -0.3 is 14.3 Å². The van der Waals surface area contributed by atoms with E-state index < -0.39 is 0 Å². The van der Waals surface area contributed by atoms with Gasteiger partial charge in [-0.15, -0.1) is 0 Å². The fourth-order valence-corrected chi connectivity index (χ4v) is 3.03. The van der Waals surface area contributed by atoms with Crippen molar-refractivity contribution in [1.29, 1.82) is 0 Å². The molecule has 2 aromatic heterocycles. The Hall–Kier alpha value is -2.04. The van der Waals surface area contributed by atoms with Gasteiger partial charge in [0.25, 0.3) is 5.56 Å². The maximum absolute atomic E-state index is 12.1. The van der Waals surface area contributed by atoms with Gasteiger partial charge in [-0.3, -0.25) is 9.59 Å². The molecule has 2 heterocycles. The molecule has 21 heavy (non-hydrogen) atoms. The van der Waals surface area contributed by atoms with E-state index in [2.05, 4.69) is 5.32 Å². The van der Waals surface area contributed by atoms with Crippen LogP contribution in [-0.4, -0.2) is 17.0 Å². The number of nitrogens with zero attached hydrogens (tertiary/aromatic N) is 1. The van der Waals surface area contributed by atoms with Gasteiger partial charge in [-0.25, -0.2) is 0 Å². The van der Waals surface area contributed by atoms with Crippen LogP contribution < -0.4 is 10.9 Å². The summed E-state index contributed by atoms with van der Waals surface area (Å²) in [6.45, 7) is 0.934. The number of carbonyl (C=O) groups is 1. The van der Waals surface area contributed by atoms with E-state index in [1.165, 1.54) is 31.9 Å². The number of carbonyl (C=O) groups excluding carboxylic acids is 1. The first-order valence-corrected chi connectivity index (χ1v) is 7.57. The Bertz CT molecular complexity index is 680. The quantitative estimate of drug-likeness (QED) is 0.918. The Balaban J connectivity index is 1.53. The van der Waals surface area contributed by atoms with Gasteiger partial charge in [-0.2, -0.15) is 0 Å². The van der Waals surface area contributed by atoms with Gasteiger partial charge in [-0.1, -0.05) is 12.8 Å². The number of aromatic nitrogens is 1. The second-order valence-corrected chi connectivity index (χ2v) is 5.72. The molecule has 1 amide bonds. The monoisotopic (exact) mass is 288 g/mol.